The van der Waals surface area contributed by atoms with Crippen molar-refractivity contribution in [2.45, 2.75) is 57.1 Å². The number of hydrogen-bond donors (Lipinski definition) is 1. The van der Waals surface area contributed by atoms with Crippen molar-refractivity contribution >= 4 is 35.2 Å². The molecule has 0 bridgehead atoms. The fourth-order valence-electron chi connectivity index (χ4n) is 3.10. The molecule has 0 saturated carbocycles. The lowest BCUT2D eigenvalue weighted by Gasteiger charge is -2.33. The highest BCUT2D eigenvalue weighted by molar-refractivity contribution is 8.00. The second-order valence-corrected chi connectivity index (χ2v) is 9.76. The molecule has 2 aromatic carbocycles. The van der Waals surface area contributed by atoms with Crippen LogP contribution in [0.25, 0.3) is 0 Å². The van der Waals surface area contributed by atoms with Gasteiger partial charge in [-0.25, -0.2) is 0 Å². The molecule has 2 amide bonds. The molecule has 0 aliphatic rings. The average Bonchev–Trinajstić information content (AvgIpc) is 2.71. The number of ether oxygens (including phenoxy) is 1. The molecule has 0 aliphatic carbocycles. The van der Waals surface area contributed by atoms with E-state index in [4.69, 9.17) is 16.3 Å². The van der Waals surface area contributed by atoms with Gasteiger partial charge in [-0.1, -0.05) is 30.7 Å². The van der Waals surface area contributed by atoms with Gasteiger partial charge in [0.05, 0.1) is 12.9 Å². The standard InChI is InChI=1S/C24H31ClN2O3S/c1-6-21(23(29)26-24(2,3)4)27(15-17-8-7-9-19(14-17)30-5)22(28)16-31-20-12-10-18(25)11-13-20/h7-14,21H,6,15-16H2,1-5H3,(H,26,29)/t21-/m1/s1. The molecule has 1 N–H and O–H groups in total. The number of benzene rings is 2. The van der Waals surface area contributed by atoms with Gasteiger partial charge in [0.25, 0.3) is 0 Å². The third-order valence-corrected chi connectivity index (χ3v) is 5.80. The SMILES string of the molecule is CC[C@H](C(=O)NC(C)(C)C)N(Cc1cccc(OC)c1)C(=O)CSc1ccc(Cl)cc1. The van der Waals surface area contributed by atoms with Gasteiger partial charge in [0.15, 0.2) is 0 Å². The summed E-state index contributed by atoms with van der Waals surface area (Å²) in [7, 11) is 1.61. The van der Waals surface area contributed by atoms with Crippen molar-refractivity contribution in [3.8, 4) is 5.75 Å². The third-order valence-electron chi connectivity index (χ3n) is 4.55. The summed E-state index contributed by atoms with van der Waals surface area (Å²) in [6, 6.07) is 14.4. The van der Waals surface area contributed by atoms with E-state index in [1.807, 2.05) is 64.1 Å². The highest BCUT2D eigenvalue weighted by atomic mass is 35.5. The Labute approximate surface area is 194 Å². The van der Waals surface area contributed by atoms with Gasteiger partial charge >= 0.3 is 0 Å². The summed E-state index contributed by atoms with van der Waals surface area (Å²) in [4.78, 5) is 28.9. The Morgan fingerprint density at radius 1 is 1.16 bits per heavy atom. The Morgan fingerprint density at radius 3 is 2.42 bits per heavy atom. The molecule has 2 aromatic rings. The summed E-state index contributed by atoms with van der Waals surface area (Å²) in [6.45, 7) is 8.05. The summed E-state index contributed by atoms with van der Waals surface area (Å²) in [5.74, 6) is 0.694. The van der Waals surface area contributed by atoms with Gasteiger partial charge in [-0.15, -0.1) is 11.8 Å². The predicted octanol–water partition coefficient (Wildman–Crippen LogP) is 5.16. The molecule has 0 fully saturated rings. The van der Waals surface area contributed by atoms with Crippen molar-refractivity contribution in [3.63, 3.8) is 0 Å². The maximum atomic E-state index is 13.3. The summed E-state index contributed by atoms with van der Waals surface area (Å²) in [5, 5.41) is 3.67. The Bertz CT molecular complexity index is 881. The smallest absolute Gasteiger partial charge is 0.243 e. The van der Waals surface area contributed by atoms with Gasteiger partial charge in [-0.2, -0.15) is 0 Å². The van der Waals surface area contributed by atoms with Gasteiger partial charge in [-0.3, -0.25) is 9.59 Å². The monoisotopic (exact) mass is 462 g/mol. The summed E-state index contributed by atoms with van der Waals surface area (Å²) < 4.78 is 5.31. The van der Waals surface area contributed by atoms with E-state index in [2.05, 4.69) is 5.32 Å². The molecular formula is C24H31ClN2O3S. The van der Waals surface area contributed by atoms with Crippen LogP contribution in [-0.2, 0) is 16.1 Å². The second-order valence-electron chi connectivity index (χ2n) is 8.28. The molecule has 168 valence electrons. The number of carbonyl (C=O) groups is 2. The lowest BCUT2D eigenvalue weighted by molar-refractivity contribution is -0.140. The molecule has 0 heterocycles. The van der Waals surface area contributed by atoms with E-state index in [1.54, 1.807) is 24.1 Å². The summed E-state index contributed by atoms with van der Waals surface area (Å²) in [6.07, 6.45) is 0.517. The minimum Gasteiger partial charge on any atom is -0.497 e. The molecule has 0 aromatic heterocycles. The van der Waals surface area contributed by atoms with Crippen molar-refractivity contribution < 1.29 is 14.3 Å². The summed E-state index contributed by atoms with van der Waals surface area (Å²) in [5.41, 5.74) is 0.527. The van der Waals surface area contributed by atoms with Gasteiger partial charge in [0.2, 0.25) is 11.8 Å². The normalized spacial score (nSPS) is 12.2. The third kappa shape index (κ3) is 8.11. The second kappa shape index (κ2) is 11.4. The van der Waals surface area contributed by atoms with E-state index in [9.17, 15) is 9.59 Å². The maximum Gasteiger partial charge on any atom is 0.243 e. The zero-order valence-electron chi connectivity index (χ0n) is 18.8. The van der Waals surface area contributed by atoms with Crippen molar-refractivity contribution in [2.75, 3.05) is 12.9 Å². The van der Waals surface area contributed by atoms with E-state index in [-0.39, 0.29) is 23.1 Å². The van der Waals surface area contributed by atoms with Crippen LogP contribution in [0.5, 0.6) is 5.75 Å². The first-order valence-corrected chi connectivity index (χ1v) is 11.6. The van der Waals surface area contributed by atoms with Crippen molar-refractivity contribution in [1.82, 2.24) is 10.2 Å². The van der Waals surface area contributed by atoms with E-state index in [0.717, 1.165) is 10.5 Å². The van der Waals surface area contributed by atoms with Crippen LogP contribution >= 0.6 is 23.4 Å². The molecule has 31 heavy (non-hydrogen) atoms. The highest BCUT2D eigenvalue weighted by Crippen LogP contribution is 2.23. The Hall–Kier alpha value is -2.18. The van der Waals surface area contributed by atoms with Crippen LogP contribution in [0, 0.1) is 0 Å². The van der Waals surface area contributed by atoms with Gasteiger partial charge < -0.3 is 15.0 Å². The number of rotatable bonds is 9. The molecule has 0 radical (unpaired) electrons. The van der Waals surface area contributed by atoms with Crippen LogP contribution in [-0.4, -0.2) is 41.2 Å². The zero-order chi connectivity index (χ0) is 23.0. The van der Waals surface area contributed by atoms with Crippen molar-refractivity contribution in [3.05, 3.63) is 59.1 Å². The molecular weight excluding hydrogens is 432 g/mol. The largest absolute Gasteiger partial charge is 0.497 e. The average molecular weight is 463 g/mol. The number of hydrogen-bond acceptors (Lipinski definition) is 4. The lowest BCUT2D eigenvalue weighted by atomic mass is 10.1. The highest BCUT2D eigenvalue weighted by Gasteiger charge is 2.30. The van der Waals surface area contributed by atoms with Gasteiger partial charge in [0, 0.05) is 22.0 Å². The van der Waals surface area contributed by atoms with Crippen LogP contribution in [0.3, 0.4) is 0 Å². The minimum atomic E-state index is -0.566. The molecule has 0 unspecified atom stereocenters. The molecule has 2 rings (SSSR count). The van der Waals surface area contributed by atoms with E-state index < -0.39 is 6.04 Å². The number of nitrogens with zero attached hydrogens (tertiary/aromatic N) is 1. The Kier molecular flexibility index (Phi) is 9.26. The lowest BCUT2D eigenvalue weighted by Crippen LogP contribution is -2.53. The van der Waals surface area contributed by atoms with Crippen LogP contribution < -0.4 is 10.1 Å². The quantitative estimate of drug-likeness (QED) is 0.523. The number of methoxy groups -OCH3 is 1. The van der Waals surface area contributed by atoms with E-state index in [1.165, 1.54) is 11.8 Å². The first-order chi connectivity index (χ1) is 14.6. The fraction of sp³-hybridized carbons (Fsp3) is 0.417. The van der Waals surface area contributed by atoms with Crippen LogP contribution in [0.2, 0.25) is 5.02 Å². The molecule has 0 saturated heterocycles. The van der Waals surface area contributed by atoms with Crippen LogP contribution in [0.1, 0.15) is 39.7 Å². The first kappa shape index (κ1) is 25.1. The molecule has 5 nitrogen and oxygen atoms in total. The van der Waals surface area contributed by atoms with E-state index in [0.29, 0.717) is 23.7 Å². The molecule has 0 aliphatic heterocycles. The number of carbonyl (C=O) groups excluding carboxylic acids is 2. The Balaban J connectivity index is 2.24. The zero-order valence-corrected chi connectivity index (χ0v) is 20.3. The van der Waals surface area contributed by atoms with Crippen molar-refractivity contribution in [2.24, 2.45) is 0 Å². The Morgan fingerprint density at radius 2 is 1.84 bits per heavy atom. The topological polar surface area (TPSA) is 58.6 Å². The van der Waals surface area contributed by atoms with Crippen molar-refractivity contribution in [1.29, 1.82) is 0 Å². The first-order valence-electron chi connectivity index (χ1n) is 10.3. The van der Waals surface area contributed by atoms with Crippen LogP contribution in [0.15, 0.2) is 53.4 Å². The molecule has 1 atom stereocenters. The number of nitrogens with one attached hydrogen (secondary N) is 1. The van der Waals surface area contributed by atoms with Gasteiger partial charge in [0.1, 0.15) is 11.8 Å². The van der Waals surface area contributed by atoms with E-state index >= 15 is 0 Å². The van der Waals surface area contributed by atoms with Gasteiger partial charge in [-0.05, 0) is 69.2 Å². The number of halogens is 1. The molecule has 0 spiro atoms. The summed E-state index contributed by atoms with van der Waals surface area (Å²) >= 11 is 7.38. The minimum absolute atomic E-state index is 0.0984. The molecule has 7 heteroatoms. The number of thioether (sulfide) groups is 1. The fourth-order valence-corrected chi connectivity index (χ4v) is 4.01. The van der Waals surface area contributed by atoms with Crippen LogP contribution in [0.4, 0.5) is 0 Å². The maximum absolute atomic E-state index is 13.3. The predicted molar refractivity (Wildman–Crippen MR) is 128 cm³/mol. The number of amides is 2.